The van der Waals surface area contributed by atoms with Gasteiger partial charge in [-0.3, -0.25) is 4.79 Å². The number of sulfonamides is 1. The number of carbonyl (C=O) groups is 1. The zero-order chi connectivity index (χ0) is 17.6. The fraction of sp³-hybridized carbons (Fsp3) is 0.167. The maximum absolute atomic E-state index is 13.0. The van der Waals surface area contributed by atoms with E-state index in [1.807, 2.05) is 6.92 Å². The lowest BCUT2D eigenvalue weighted by atomic mass is 10.2. The fourth-order valence-corrected chi connectivity index (χ4v) is 3.59. The second-order valence-corrected chi connectivity index (χ2v) is 7.30. The van der Waals surface area contributed by atoms with Crippen LogP contribution >= 0.6 is 11.6 Å². The van der Waals surface area contributed by atoms with E-state index in [4.69, 9.17) is 11.6 Å². The molecule has 0 atom stereocenters. The summed E-state index contributed by atoms with van der Waals surface area (Å²) in [7, 11) is -4.01. The Kier molecular flexibility index (Phi) is 6.17. The van der Waals surface area contributed by atoms with Crippen LogP contribution in [0.3, 0.4) is 0 Å². The minimum Gasteiger partial charge on any atom is -0.268 e. The van der Waals surface area contributed by atoms with Crippen molar-refractivity contribution in [1.29, 1.82) is 0 Å². The summed E-state index contributed by atoms with van der Waals surface area (Å²) in [6.07, 6.45) is 3.29. The molecule has 4 nitrogen and oxygen atoms in total. The standard InChI is InChI=1S/C18H18ClNO3S/c1-15-10-12-17(13-11-15)24(22,23)20(16-7-3-2-4-8-16)18(21)9-5-6-14-19/h2-5,7-13H,6,14H2,1H3/b9-5+. The van der Waals surface area contributed by atoms with E-state index < -0.39 is 15.9 Å². The molecule has 2 rings (SSSR count). The number of amides is 1. The topological polar surface area (TPSA) is 54.5 Å². The molecule has 0 N–H and O–H groups in total. The van der Waals surface area contributed by atoms with Crippen molar-refractivity contribution >= 4 is 33.2 Å². The molecule has 0 aliphatic rings. The van der Waals surface area contributed by atoms with Gasteiger partial charge in [0.2, 0.25) is 0 Å². The third kappa shape index (κ3) is 4.24. The van der Waals surface area contributed by atoms with Crippen LogP contribution in [0, 0.1) is 6.92 Å². The molecule has 0 fully saturated rings. The lowest BCUT2D eigenvalue weighted by molar-refractivity contribution is -0.113. The van der Waals surface area contributed by atoms with Crippen molar-refractivity contribution in [2.24, 2.45) is 0 Å². The molecular formula is C18H18ClNO3S. The van der Waals surface area contributed by atoms with E-state index in [-0.39, 0.29) is 4.90 Å². The number of benzene rings is 2. The van der Waals surface area contributed by atoms with E-state index in [1.165, 1.54) is 18.2 Å². The second kappa shape index (κ2) is 8.13. The van der Waals surface area contributed by atoms with Crippen molar-refractivity contribution < 1.29 is 13.2 Å². The Morgan fingerprint density at radius 1 is 1.08 bits per heavy atom. The number of rotatable bonds is 6. The lowest BCUT2D eigenvalue weighted by Gasteiger charge is -2.21. The number of hydrogen-bond donors (Lipinski definition) is 0. The third-order valence-corrected chi connectivity index (χ3v) is 5.24. The first kappa shape index (κ1) is 18.2. The van der Waals surface area contributed by atoms with Crippen LogP contribution < -0.4 is 4.31 Å². The zero-order valence-electron chi connectivity index (χ0n) is 13.2. The first-order chi connectivity index (χ1) is 11.5. The van der Waals surface area contributed by atoms with Gasteiger partial charge in [-0.15, -0.1) is 11.6 Å². The number of nitrogens with zero attached hydrogens (tertiary/aromatic N) is 1. The molecule has 24 heavy (non-hydrogen) atoms. The summed E-state index contributed by atoms with van der Waals surface area (Å²) in [6, 6.07) is 14.7. The molecule has 0 aliphatic heterocycles. The number of halogens is 1. The number of alkyl halides is 1. The Hall–Kier alpha value is -2.11. The summed E-state index contributed by atoms with van der Waals surface area (Å²) in [5.41, 5.74) is 1.23. The molecule has 0 unspecified atom stereocenters. The van der Waals surface area contributed by atoms with Crippen molar-refractivity contribution in [3.8, 4) is 0 Å². The Morgan fingerprint density at radius 3 is 2.29 bits per heavy atom. The number of allylic oxidation sites excluding steroid dienone is 1. The highest BCUT2D eigenvalue weighted by atomic mass is 35.5. The van der Waals surface area contributed by atoms with Crippen LogP contribution in [-0.2, 0) is 14.8 Å². The molecule has 0 heterocycles. The predicted molar refractivity (Wildman–Crippen MR) is 96.8 cm³/mol. The number of hydrogen-bond acceptors (Lipinski definition) is 3. The zero-order valence-corrected chi connectivity index (χ0v) is 14.8. The molecule has 0 bridgehead atoms. The molecule has 0 saturated carbocycles. The average Bonchev–Trinajstić information content (AvgIpc) is 2.56. The van der Waals surface area contributed by atoms with E-state index >= 15 is 0 Å². The maximum atomic E-state index is 13.0. The summed E-state index contributed by atoms with van der Waals surface area (Å²) in [4.78, 5) is 12.6. The fourth-order valence-electron chi connectivity index (χ4n) is 2.08. The Bertz CT molecular complexity index is 815. The van der Waals surface area contributed by atoms with Crippen LogP contribution in [0.2, 0.25) is 0 Å². The van der Waals surface area contributed by atoms with Gasteiger partial charge in [-0.2, -0.15) is 4.31 Å². The SMILES string of the molecule is Cc1ccc(S(=O)(=O)N(C(=O)/C=C/CCCl)c2ccccc2)cc1. The van der Waals surface area contributed by atoms with Crippen LogP contribution in [0.5, 0.6) is 0 Å². The number of carbonyl (C=O) groups excluding carboxylic acids is 1. The smallest absolute Gasteiger partial charge is 0.268 e. The van der Waals surface area contributed by atoms with Crippen LogP contribution in [0.1, 0.15) is 12.0 Å². The summed E-state index contributed by atoms with van der Waals surface area (Å²) in [5.74, 6) is -0.272. The Balaban J connectivity index is 2.49. The minimum absolute atomic E-state index is 0.0658. The molecule has 126 valence electrons. The summed E-state index contributed by atoms with van der Waals surface area (Å²) in [6.45, 7) is 1.87. The number of anilines is 1. The molecule has 1 amide bonds. The normalized spacial score (nSPS) is 11.6. The Labute approximate surface area is 147 Å². The van der Waals surface area contributed by atoms with Crippen LogP contribution in [0.15, 0.2) is 71.6 Å². The second-order valence-electron chi connectivity index (χ2n) is 5.14. The Morgan fingerprint density at radius 2 is 1.71 bits per heavy atom. The van der Waals surface area contributed by atoms with Crippen LogP contribution in [0.4, 0.5) is 5.69 Å². The molecule has 0 aromatic heterocycles. The van der Waals surface area contributed by atoms with E-state index in [1.54, 1.807) is 48.5 Å². The van der Waals surface area contributed by atoms with Crippen molar-refractivity contribution in [2.75, 3.05) is 10.2 Å². The van der Waals surface area contributed by atoms with Gasteiger partial charge in [0.1, 0.15) is 0 Å². The van der Waals surface area contributed by atoms with Gasteiger partial charge in [-0.25, -0.2) is 8.42 Å². The minimum atomic E-state index is -4.01. The monoisotopic (exact) mass is 363 g/mol. The quantitative estimate of drug-likeness (QED) is 0.577. The van der Waals surface area contributed by atoms with E-state index in [2.05, 4.69) is 0 Å². The predicted octanol–water partition coefficient (Wildman–Crippen LogP) is 3.90. The van der Waals surface area contributed by atoms with Gasteiger partial charge in [-0.1, -0.05) is 42.0 Å². The van der Waals surface area contributed by atoms with Crippen molar-refractivity contribution in [2.45, 2.75) is 18.2 Å². The third-order valence-electron chi connectivity index (χ3n) is 3.29. The van der Waals surface area contributed by atoms with Gasteiger partial charge in [0, 0.05) is 12.0 Å². The average molecular weight is 364 g/mol. The first-order valence-electron chi connectivity index (χ1n) is 7.40. The molecule has 0 spiro atoms. The molecule has 6 heteroatoms. The molecule has 2 aromatic rings. The molecule has 0 aliphatic carbocycles. The summed E-state index contributed by atoms with van der Waals surface area (Å²) < 4.78 is 26.7. The van der Waals surface area contributed by atoms with Gasteiger partial charge >= 0.3 is 0 Å². The van der Waals surface area contributed by atoms with Gasteiger partial charge < -0.3 is 0 Å². The number of aryl methyl sites for hydroxylation is 1. The van der Waals surface area contributed by atoms with E-state index in [0.717, 1.165) is 9.87 Å². The van der Waals surface area contributed by atoms with Gasteiger partial charge in [0.05, 0.1) is 10.6 Å². The lowest BCUT2D eigenvalue weighted by Crippen LogP contribution is -2.35. The largest absolute Gasteiger partial charge is 0.271 e. The van der Waals surface area contributed by atoms with Gasteiger partial charge in [0.15, 0.2) is 0 Å². The van der Waals surface area contributed by atoms with E-state index in [0.29, 0.717) is 18.0 Å². The molecular weight excluding hydrogens is 346 g/mol. The van der Waals surface area contributed by atoms with Crippen LogP contribution in [0.25, 0.3) is 0 Å². The molecule has 2 aromatic carbocycles. The summed E-state index contributed by atoms with van der Waals surface area (Å²) in [5, 5.41) is 0. The first-order valence-corrected chi connectivity index (χ1v) is 9.38. The van der Waals surface area contributed by atoms with Crippen molar-refractivity contribution in [1.82, 2.24) is 0 Å². The van der Waals surface area contributed by atoms with Gasteiger partial charge in [-0.05, 0) is 37.6 Å². The summed E-state index contributed by atoms with van der Waals surface area (Å²) >= 11 is 5.59. The highest BCUT2D eigenvalue weighted by Crippen LogP contribution is 2.24. The maximum Gasteiger partial charge on any atom is 0.271 e. The highest BCUT2D eigenvalue weighted by molar-refractivity contribution is 7.93. The van der Waals surface area contributed by atoms with Crippen molar-refractivity contribution in [3.63, 3.8) is 0 Å². The van der Waals surface area contributed by atoms with Crippen molar-refractivity contribution in [3.05, 3.63) is 72.3 Å². The molecule has 0 saturated heterocycles. The van der Waals surface area contributed by atoms with Crippen LogP contribution in [-0.4, -0.2) is 20.2 Å². The van der Waals surface area contributed by atoms with E-state index in [9.17, 15) is 13.2 Å². The highest BCUT2D eigenvalue weighted by Gasteiger charge is 2.29. The van der Waals surface area contributed by atoms with Gasteiger partial charge in [0.25, 0.3) is 15.9 Å². The number of para-hydroxylation sites is 1. The molecule has 0 radical (unpaired) electrons.